The normalized spacial score (nSPS) is 14.0. The lowest BCUT2D eigenvalue weighted by atomic mass is 9.99. The fourth-order valence-corrected chi connectivity index (χ4v) is 1.68. The Morgan fingerprint density at radius 2 is 2.04 bits per heavy atom. The standard InChI is InChI=1S/C14H17F3N2O4/c1-3-8(2)11(13(21)22)19-12(20)9-5-4-6-10(18-9)23-7-14(15,16)17/h4-6,8,11H,3,7H2,1-2H3,(H,19,20)(H,21,22). The highest BCUT2D eigenvalue weighted by molar-refractivity contribution is 5.95. The molecule has 0 aliphatic rings. The first-order chi connectivity index (χ1) is 10.6. The molecule has 0 bridgehead atoms. The van der Waals surface area contributed by atoms with Crippen molar-refractivity contribution in [2.45, 2.75) is 32.5 Å². The number of amides is 1. The van der Waals surface area contributed by atoms with Crippen molar-refractivity contribution in [2.75, 3.05) is 6.61 Å². The predicted octanol–water partition coefficient (Wildman–Crippen LogP) is 2.25. The van der Waals surface area contributed by atoms with E-state index in [1.54, 1.807) is 13.8 Å². The lowest BCUT2D eigenvalue weighted by molar-refractivity contribution is -0.154. The van der Waals surface area contributed by atoms with E-state index in [9.17, 15) is 22.8 Å². The number of nitrogens with zero attached hydrogens (tertiary/aromatic N) is 1. The van der Waals surface area contributed by atoms with Crippen LogP contribution in [0.5, 0.6) is 5.88 Å². The smallest absolute Gasteiger partial charge is 0.422 e. The van der Waals surface area contributed by atoms with E-state index in [4.69, 9.17) is 5.11 Å². The van der Waals surface area contributed by atoms with E-state index in [0.29, 0.717) is 6.42 Å². The van der Waals surface area contributed by atoms with Crippen LogP contribution in [0.3, 0.4) is 0 Å². The van der Waals surface area contributed by atoms with Crippen LogP contribution in [0, 0.1) is 5.92 Å². The first-order valence-corrected chi connectivity index (χ1v) is 6.84. The largest absolute Gasteiger partial charge is 0.480 e. The summed E-state index contributed by atoms with van der Waals surface area (Å²) in [6.45, 7) is 1.90. The molecule has 1 rings (SSSR count). The molecule has 2 atom stereocenters. The van der Waals surface area contributed by atoms with Crippen LogP contribution in [-0.4, -0.2) is 40.8 Å². The Morgan fingerprint density at radius 1 is 1.39 bits per heavy atom. The molecule has 0 saturated carbocycles. The number of alkyl halides is 3. The van der Waals surface area contributed by atoms with Gasteiger partial charge in [0.25, 0.3) is 5.91 Å². The van der Waals surface area contributed by atoms with Gasteiger partial charge in [-0.15, -0.1) is 0 Å². The third kappa shape index (κ3) is 6.13. The highest BCUT2D eigenvalue weighted by atomic mass is 19.4. The van der Waals surface area contributed by atoms with Gasteiger partial charge in [0, 0.05) is 6.07 Å². The summed E-state index contributed by atoms with van der Waals surface area (Å²) in [5.74, 6) is -2.68. The van der Waals surface area contributed by atoms with Crippen LogP contribution in [0.25, 0.3) is 0 Å². The molecule has 1 heterocycles. The number of aromatic nitrogens is 1. The summed E-state index contributed by atoms with van der Waals surface area (Å²) in [4.78, 5) is 26.8. The fourth-order valence-electron chi connectivity index (χ4n) is 1.68. The molecular weight excluding hydrogens is 317 g/mol. The number of carbonyl (C=O) groups excluding carboxylic acids is 1. The van der Waals surface area contributed by atoms with E-state index < -0.39 is 30.7 Å². The zero-order chi connectivity index (χ0) is 17.6. The predicted molar refractivity (Wildman–Crippen MR) is 74.1 cm³/mol. The van der Waals surface area contributed by atoms with Crippen molar-refractivity contribution >= 4 is 11.9 Å². The summed E-state index contributed by atoms with van der Waals surface area (Å²) in [6, 6.07) is 2.61. The number of hydrogen-bond donors (Lipinski definition) is 2. The molecule has 23 heavy (non-hydrogen) atoms. The molecule has 0 aromatic carbocycles. The molecule has 0 spiro atoms. The molecule has 0 radical (unpaired) electrons. The summed E-state index contributed by atoms with van der Waals surface area (Å²) in [6.07, 6.45) is -4.00. The van der Waals surface area contributed by atoms with Gasteiger partial charge in [-0.05, 0) is 12.0 Å². The fraction of sp³-hybridized carbons (Fsp3) is 0.500. The Morgan fingerprint density at radius 3 is 2.57 bits per heavy atom. The highest BCUT2D eigenvalue weighted by Gasteiger charge is 2.29. The molecule has 128 valence electrons. The molecule has 1 aromatic rings. The summed E-state index contributed by atoms with van der Waals surface area (Å²) >= 11 is 0. The summed E-state index contributed by atoms with van der Waals surface area (Å²) < 4.78 is 40.7. The molecule has 6 nitrogen and oxygen atoms in total. The quantitative estimate of drug-likeness (QED) is 0.798. The van der Waals surface area contributed by atoms with Gasteiger partial charge >= 0.3 is 12.1 Å². The molecule has 0 fully saturated rings. The Hall–Kier alpha value is -2.32. The zero-order valence-electron chi connectivity index (χ0n) is 12.6. The second kappa shape index (κ2) is 7.80. The van der Waals surface area contributed by atoms with Gasteiger partial charge in [-0.1, -0.05) is 26.3 Å². The van der Waals surface area contributed by atoms with Crippen LogP contribution in [0.4, 0.5) is 13.2 Å². The highest BCUT2D eigenvalue weighted by Crippen LogP contribution is 2.17. The van der Waals surface area contributed by atoms with Crippen molar-refractivity contribution in [3.8, 4) is 5.88 Å². The molecule has 1 amide bonds. The minimum absolute atomic E-state index is 0.223. The van der Waals surface area contributed by atoms with Gasteiger partial charge in [0.05, 0.1) is 0 Å². The Kier molecular flexibility index (Phi) is 6.35. The number of pyridine rings is 1. The summed E-state index contributed by atoms with van der Waals surface area (Å²) in [5, 5.41) is 11.4. The molecule has 0 aliphatic carbocycles. The third-order valence-electron chi connectivity index (χ3n) is 3.11. The number of aliphatic carboxylic acids is 1. The average Bonchev–Trinajstić information content (AvgIpc) is 2.49. The van der Waals surface area contributed by atoms with E-state index in [0.717, 1.165) is 0 Å². The van der Waals surface area contributed by atoms with Crippen LogP contribution >= 0.6 is 0 Å². The number of carboxylic acids is 1. The summed E-state index contributed by atoms with van der Waals surface area (Å²) in [5.41, 5.74) is -0.223. The van der Waals surface area contributed by atoms with Gasteiger partial charge in [0.15, 0.2) is 6.61 Å². The maximum absolute atomic E-state index is 12.1. The number of hydrogen-bond acceptors (Lipinski definition) is 4. The molecule has 2 unspecified atom stereocenters. The van der Waals surface area contributed by atoms with Crippen LogP contribution in [0.2, 0.25) is 0 Å². The Balaban J connectivity index is 2.81. The van der Waals surface area contributed by atoms with Crippen LogP contribution < -0.4 is 10.1 Å². The van der Waals surface area contributed by atoms with Gasteiger partial charge in [-0.2, -0.15) is 13.2 Å². The molecule has 9 heteroatoms. The molecule has 0 aliphatic heterocycles. The van der Waals surface area contributed by atoms with Crippen LogP contribution in [0.15, 0.2) is 18.2 Å². The van der Waals surface area contributed by atoms with Crippen LogP contribution in [-0.2, 0) is 4.79 Å². The van der Waals surface area contributed by atoms with Gasteiger partial charge < -0.3 is 15.2 Å². The topological polar surface area (TPSA) is 88.5 Å². The number of rotatable bonds is 7. The number of ether oxygens (including phenoxy) is 1. The second-order valence-corrected chi connectivity index (χ2v) is 4.94. The van der Waals surface area contributed by atoms with E-state index in [1.165, 1.54) is 18.2 Å². The molecular formula is C14H17F3N2O4. The maximum atomic E-state index is 12.1. The van der Waals surface area contributed by atoms with Gasteiger partial charge in [0.2, 0.25) is 5.88 Å². The monoisotopic (exact) mass is 334 g/mol. The molecule has 0 saturated heterocycles. The number of carboxylic acid groups (broad SMARTS) is 1. The zero-order valence-corrected chi connectivity index (χ0v) is 12.6. The van der Waals surface area contributed by atoms with Gasteiger partial charge in [0.1, 0.15) is 11.7 Å². The average molecular weight is 334 g/mol. The minimum atomic E-state index is -4.52. The number of halogens is 3. The van der Waals surface area contributed by atoms with E-state index >= 15 is 0 Å². The second-order valence-electron chi connectivity index (χ2n) is 4.94. The summed E-state index contributed by atoms with van der Waals surface area (Å²) in [7, 11) is 0. The van der Waals surface area contributed by atoms with Crippen LogP contribution in [0.1, 0.15) is 30.8 Å². The number of nitrogens with one attached hydrogen (secondary N) is 1. The first kappa shape index (κ1) is 18.7. The van der Waals surface area contributed by atoms with E-state index in [1.807, 2.05) is 0 Å². The third-order valence-corrected chi connectivity index (χ3v) is 3.11. The van der Waals surface area contributed by atoms with Crippen molar-refractivity contribution in [2.24, 2.45) is 5.92 Å². The van der Waals surface area contributed by atoms with Crippen molar-refractivity contribution < 1.29 is 32.6 Å². The van der Waals surface area contributed by atoms with Gasteiger partial charge in [-0.3, -0.25) is 4.79 Å². The van der Waals surface area contributed by atoms with E-state index in [-0.39, 0.29) is 17.5 Å². The minimum Gasteiger partial charge on any atom is -0.480 e. The Bertz CT molecular complexity index is 563. The lowest BCUT2D eigenvalue weighted by Crippen LogP contribution is -2.45. The van der Waals surface area contributed by atoms with Crippen molar-refractivity contribution in [3.63, 3.8) is 0 Å². The molecule has 2 N–H and O–H groups in total. The van der Waals surface area contributed by atoms with Crippen molar-refractivity contribution in [1.29, 1.82) is 0 Å². The van der Waals surface area contributed by atoms with Gasteiger partial charge in [-0.25, -0.2) is 9.78 Å². The van der Waals surface area contributed by atoms with Crippen molar-refractivity contribution in [3.05, 3.63) is 23.9 Å². The SMILES string of the molecule is CCC(C)C(NC(=O)c1cccc(OCC(F)(F)F)n1)C(=O)O. The lowest BCUT2D eigenvalue weighted by Gasteiger charge is -2.20. The van der Waals surface area contributed by atoms with Crippen molar-refractivity contribution in [1.82, 2.24) is 10.3 Å². The van der Waals surface area contributed by atoms with E-state index in [2.05, 4.69) is 15.0 Å². The number of carbonyl (C=O) groups is 2. The molecule has 1 aromatic heterocycles. The maximum Gasteiger partial charge on any atom is 0.422 e. The Labute approximate surface area is 130 Å². The first-order valence-electron chi connectivity index (χ1n) is 6.84.